The van der Waals surface area contributed by atoms with E-state index in [-0.39, 0.29) is 48.7 Å². The van der Waals surface area contributed by atoms with Crippen molar-refractivity contribution < 1.29 is 32.1 Å². The monoisotopic (exact) mass is 488 g/mol. The molecule has 7 heteroatoms. The lowest BCUT2D eigenvalue weighted by Gasteiger charge is -2.28. The van der Waals surface area contributed by atoms with Gasteiger partial charge < -0.3 is 14.6 Å². The van der Waals surface area contributed by atoms with E-state index in [0.29, 0.717) is 16.7 Å². The molecule has 0 heterocycles. The largest absolute Gasteiger partial charge is 0.491 e. The fourth-order valence-corrected chi connectivity index (χ4v) is 4.59. The Morgan fingerprint density at radius 2 is 1.37 bits per heavy atom. The molecule has 0 bridgehead atoms. The van der Waals surface area contributed by atoms with E-state index in [2.05, 4.69) is 0 Å². The van der Waals surface area contributed by atoms with Crippen LogP contribution in [0.3, 0.4) is 0 Å². The Balaban J connectivity index is 1.44. The minimum Gasteiger partial charge on any atom is -0.491 e. The predicted molar refractivity (Wildman–Crippen MR) is 125 cm³/mol. The highest BCUT2D eigenvalue weighted by Crippen LogP contribution is 2.39. The Morgan fingerprint density at radius 1 is 0.743 bits per heavy atom. The zero-order chi connectivity index (χ0) is 24.9. The summed E-state index contributed by atoms with van der Waals surface area (Å²) in [6, 6.07) is 12.5. The summed E-state index contributed by atoms with van der Waals surface area (Å²) >= 11 is 0. The summed E-state index contributed by atoms with van der Waals surface area (Å²) < 4.78 is 68.5. The lowest BCUT2D eigenvalue weighted by molar-refractivity contribution is 0.181. The van der Waals surface area contributed by atoms with Crippen LogP contribution in [-0.4, -0.2) is 18.3 Å². The van der Waals surface area contributed by atoms with Crippen molar-refractivity contribution in [3.05, 3.63) is 82.9 Å². The smallest absolute Gasteiger partial charge is 0.204 e. The molecule has 1 aliphatic carbocycles. The first-order valence-electron chi connectivity index (χ1n) is 11.8. The quantitative estimate of drug-likeness (QED) is 0.342. The Kier molecular flexibility index (Phi) is 7.96. The zero-order valence-corrected chi connectivity index (χ0v) is 19.5. The molecule has 0 spiro atoms. The van der Waals surface area contributed by atoms with E-state index >= 15 is 0 Å². The molecule has 3 aromatic rings. The summed E-state index contributed by atoms with van der Waals surface area (Å²) in [4.78, 5) is 0. The summed E-state index contributed by atoms with van der Waals surface area (Å²) in [6.07, 6.45) is 3.07. The van der Waals surface area contributed by atoms with Crippen molar-refractivity contribution in [3.8, 4) is 22.6 Å². The van der Waals surface area contributed by atoms with Crippen LogP contribution in [0.4, 0.5) is 17.6 Å². The Labute approximate surface area is 202 Å². The maximum absolute atomic E-state index is 15.0. The van der Waals surface area contributed by atoms with Gasteiger partial charge in [0.15, 0.2) is 23.1 Å². The van der Waals surface area contributed by atoms with Gasteiger partial charge in [-0.3, -0.25) is 0 Å². The predicted octanol–water partition coefficient (Wildman–Crippen LogP) is 7.15. The van der Waals surface area contributed by atoms with Gasteiger partial charge in [-0.2, -0.15) is 8.78 Å². The summed E-state index contributed by atoms with van der Waals surface area (Å²) in [5, 5.41) is 9.29. The van der Waals surface area contributed by atoms with Gasteiger partial charge in [-0.05, 0) is 73.3 Å². The van der Waals surface area contributed by atoms with Crippen LogP contribution in [0.5, 0.6) is 11.5 Å². The summed E-state index contributed by atoms with van der Waals surface area (Å²) in [6.45, 7) is 1.98. The van der Waals surface area contributed by atoms with Crippen LogP contribution in [0.25, 0.3) is 11.1 Å². The van der Waals surface area contributed by atoms with Gasteiger partial charge in [0, 0.05) is 12.2 Å². The van der Waals surface area contributed by atoms with Crippen LogP contribution < -0.4 is 9.47 Å². The molecule has 1 saturated carbocycles. The second-order valence-electron chi connectivity index (χ2n) is 8.84. The van der Waals surface area contributed by atoms with Gasteiger partial charge in [-0.1, -0.05) is 36.4 Å². The minimum atomic E-state index is -1.13. The molecule has 0 atom stereocenters. The Hall–Kier alpha value is -3.06. The molecule has 0 aliphatic heterocycles. The molecule has 4 rings (SSSR count). The minimum absolute atomic E-state index is 0.0308. The van der Waals surface area contributed by atoms with Gasteiger partial charge in [0.05, 0.1) is 6.61 Å². The van der Waals surface area contributed by atoms with Crippen molar-refractivity contribution in [3.63, 3.8) is 0 Å². The number of halogens is 4. The number of aliphatic hydroxyl groups excluding tert-OH is 1. The molecule has 0 saturated heterocycles. The highest BCUT2D eigenvalue weighted by molar-refractivity contribution is 5.65. The van der Waals surface area contributed by atoms with E-state index in [1.807, 2.05) is 0 Å². The van der Waals surface area contributed by atoms with E-state index in [1.165, 1.54) is 12.1 Å². The third-order valence-electron chi connectivity index (χ3n) is 6.63. The first-order valence-corrected chi connectivity index (χ1v) is 11.8. The molecule has 3 nitrogen and oxygen atoms in total. The van der Waals surface area contributed by atoms with Crippen LogP contribution in [-0.2, 0) is 6.61 Å². The first kappa shape index (κ1) is 25.0. The maximum Gasteiger partial charge on any atom is 0.204 e. The highest BCUT2D eigenvalue weighted by atomic mass is 19.2. The van der Waals surface area contributed by atoms with Gasteiger partial charge in [-0.15, -0.1) is 0 Å². The molecule has 1 N–H and O–H groups in total. The summed E-state index contributed by atoms with van der Waals surface area (Å²) in [7, 11) is 0. The molecule has 0 aromatic heterocycles. The van der Waals surface area contributed by atoms with Gasteiger partial charge >= 0.3 is 0 Å². The maximum atomic E-state index is 15.0. The molecule has 1 fully saturated rings. The number of rotatable bonds is 8. The first-order chi connectivity index (χ1) is 16.9. The van der Waals surface area contributed by atoms with Crippen molar-refractivity contribution in [2.75, 3.05) is 13.2 Å². The lowest BCUT2D eigenvalue weighted by atomic mass is 9.78. The van der Waals surface area contributed by atoms with Gasteiger partial charge in [-0.25, -0.2) is 8.78 Å². The van der Waals surface area contributed by atoms with Crippen LogP contribution in [0, 0.1) is 29.2 Å². The van der Waals surface area contributed by atoms with Gasteiger partial charge in [0.25, 0.3) is 0 Å². The lowest BCUT2D eigenvalue weighted by Crippen LogP contribution is -2.17. The normalized spacial score (nSPS) is 17.9. The Bertz CT molecular complexity index is 1160. The second kappa shape index (κ2) is 11.1. The van der Waals surface area contributed by atoms with E-state index in [9.17, 15) is 22.7 Å². The third kappa shape index (κ3) is 5.45. The SMILES string of the molecule is CCOc1ccc(OCc2ccc(-c3ccc(C4CCC(CO)CC4)c(F)c3F)cc2)c(F)c1F. The topological polar surface area (TPSA) is 38.7 Å². The van der Waals surface area contributed by atoms with Crippen LogP contribution in [0.2, 0.25) is 0 Å². The third-order valence-corrected chi connectivity index (χ3v) is 6.63. The molecular weight excluding hydrogens is 460 g/mol. The molecule has 3 aromatic carbocycles. The Morgan fingerprint density at radius 3 is 1.97 bits per heavy atom. The number of hydrogen-bond acceptors (Lipinski definition) is 3. The van der Waals surface area contributed by atoms with Crippen LogP contribution >= 0.6 is 0 Å². The van der Waals surface area contributed by atoms with E-state index in [0.717, 1.165) is 25.7 Å². The number of benzene rings is 3. The average Bonchev–Trinajstić information content (AvgIpc) is 2.88. The molecule has 186 valence electrons. The van der Waals surface area contributed by atoms with E-state index in [1.54, 1.807) is 43.3 Å². The van der Waals surface area contributed by atoms with Crippen LogP contribution in [0.1, 0.15) is 49.7 Å². The van der Waals surface area contributed by atoms with Crippen LogP contribution in [0.15, 0.2) is 48.5 Å². The van der Waals surface area contributed by atoms with Crippen molar-refractivity contribution in [2.45, 2.75) is 45.1 Å². The standard InChI is InChI=1S/C28H28F4O3/c1-2-34-23-13-14-24(28(32)27(23)31)35-16-18-5-9-20(10-6-18)22-12-11-21(25(29)26(22)30)19-7-3-17(15-33)4-8-19/h5-6,9-14,17,19,33H,2-4,7-8,15-16H2,1H3. The zero-order valence-electron chi connectivity index (χ0n) is 19.5. The van der Waals surface area contributed by atoms with E-state index in [4.69, 9.17) is 9.47 Å². The van der Waals surface area contributed by atoms with Gasteiger partial charge in [0.2, 0.25) is 11.6 Å². The van der Waals surface area contributed by atoms with Crippen molar-refractivity contribution in [2.24, 2.45) is 5.92 Å². The number of aliphatic hydroxyl groups is 1. The molecular formula is C28H28F4O3. The average molecular weight is 489 g/mol. The fourth-order valence-electron chi connectivity index (χ4n) is 4.59. The summed E-state index contributed by atoms with van der Waals surface area (Å²) in [5.74, 6) is -4.18. The van der Waals surface area contributed by atoms with Gasteiger partial charge in [0.1, 0.15) is 6.61 Å². The van der Waals surface area contributed by atoms with Crippen molar-refractivity contribution in [1.82, 2.24) is 0 Å². The molecule has 0 unspecified atom stereocenters. The number of hydrogen-bond donors (Lipinski definition) is 1. The molecule has 0 radical (unpaired) electrons. The number of ether oxygens (including phenoxy) is 2. The van der Waals surface area contributed by atoms with E-state index < -0.39 is 23.3 Å². The highest BCUT2D eigenvalue weighted by Gasteiger charge is 2.26. The fraction of sp³-hybridized carbons (Fsp3) is 0.357. The molecule has 0 amide bonds. The summed E-state index contributed by atoms with van der Waals surface area (Å²) in [5.41, 5.74) is 1.69. The molecule has 35 heavy (non-hydrogen) atoms. The molecule has 1 aliphatic rings. The van der Waals surface area contributed by atoms with Crippen molar-refractivity contribution >= 4 is 0 Å². The van der Waals surface area contributed by atoms with Crippen molar-refractivity contribution in [1.29, 1.82) is 0 Å². The second-order valence-corrected chi connectivity index (χ2v) is 8.84.